The third-order valence-electron chi connectivity index (χ3n) is 6.45. The van der Waals surface area contributed by atoms with Crippen molar-refractivity contribution >= 4 is 55.7 Å². The number of carbonyl (C=O) groups excluding carboxylic acids is 2. The quantitative estimate of drug-likeness (QED) is 0.255. The summed E-state index contributed by atoms with van der Waals surface area (Å²) in [5.74, 6) is -0.0177. The van der Waals surface area contributed by atoms with Crippen molar-refractivity contribution in [1.82, 2.24) is 29.6 Å². The number of amides is 1. The van der Waals surface area contributed by atoms with E-state index in [4.69, 9.17) is 18.0 Å². The summed E-state index contributed by atoms with van der Waals surface area (Å²) in [5.41, 5.74) is 9.15. The second kappa shape index (κ2) is 10.6. The number of pyridine rings is 1. The molecule has 38 heavy (non-hydrogen) atoms. The summed E-state index contributed by atoms with van der Waals surface area (Å²) in [7, 11) is 0. The van der Waals surface area contributed by atoms with Crippen LogP contribution in [0.1, 0.15) is 23.6 Å². The Labute approximate surface area is 231 Å². The molecule has 1 aromatic carbocycles. The number of nitrogens with zero attached hydrogens (tertiary/aromatic N) is 6. The van der Waals surface area contributed by atoms with Crippen molar-refractivity contribution in [2.24, 2.45) is 5.73 Å². The van der Waals surface area contributed by atoms with Crippen molar-refractivity contribution in [2.75, 3.05) is 6.54 Å². The molecule has 4 heterocycles. The van der Waals surface area contributed by atoms with Gasteiger partial charge in [0.2, 0.25) is 5.91 Å². The van der Waals surface area contributed by atoms with Gasteiger partial charge >= 0.3 is 0 Å². The molecular weight excluding hydrogens is 573 g/mol. The van der Waals surface area contributed by atoms with Crippen LogP contribution in [-0.4, -0.2) is 65.1 Å². The number of benzene rings is 1. The van der Waals surface area contributed by atoms with Crippen LogP contribution in [0.4, 0.5) is 4.39 Å². The average Bonchev–Trinajstić information content (AvgIpc) is 3.45. The zero-order valence-electron chi connectivity index (χ0n) is 20.3. The first-order chi connectivity index (χ1) is 18.2. The molecule has 1 aliphatic rings. The van der Waals surface area contributed by atoms with Gasteiger partial charge in [-0.15, -0.1) is 0 Å². The number of thiocarbonyl (C=S) groups is 1. The Hall–Kier alpha value is -3.64. The Morgan fingerprint density at radius 2 is 1.95 bits per heavy atom. The molecule has 4 aromatic rings. The number of hydrogen-bond acceptors (Lipinski definition) is 7. The molecule has 9 nitrogen and oxygen atoms in total. The van der Waals surface area contributed by atoms with Crippen molar-refractivity contribution in [3.63, 3.8) is 0 Å². The molecule has 0 bridgehead atoms. The van der Waals surface area contributed by atoms with Gasteiger partial charge in [-0.2, -0.15) is 5.10 Å². The van der Waals surface area contributed by atoms with Gasteiger partial charge in [-0.25, -0.2) is 19.3 Å². The van der Waals surface area contributed by atoms with Gasteiger partial charge in [-0.05, 0) is 52.7 Å². The summed E-state index contributed by atoms with van der Waals surface area (Å²) < 4.78 is 16.5. The molecule has 1 amide bonds. The minimum absolute atomic E-state index is 0.00238. The van der Waals surface area contributed by atoms with Crippen LogP contribution < -0.4 is 5.73 Å². The zero-order chi connectivity index (χ0) is 27.0. The van der Waals surface area contributed by atoms with E-state index in [0.29, 0.717) is 32.7 Å². The maximum Gasteiger partial charge on any atom is 0.245 e. The monoisotopic (exact) mass is 595 g/mol. The van der Waals surface area contributed by atoms with Gasteiger partial charge in [0, 0.05) is 35.5 Å². The van der Waals surface area contributed by atoms with Crippen molar-refractivity contribution in [1.29, 1.82) is 0 Å². The topological polar surface area (TPSA) is 120 Å². The van der Waals surface area contributed by atoms with Crippen LogP contribution in [-0.2, 0) is 22.6 Å². The van der Waals surface area contributed by atoms with Crippen LogP contribution in [0.5, 0.6) is 0 Å². The SMILES string of the molecule is Cc1ncc(-c2ccc3c(c2)c(C(N)=S)nn3CC(=O)N2C[C@H](F)C[C@H]2C(=O)Cc2cccc(Br)n2)cn1. The Bertz CT molecular complexity index is 1560. The summed E-state index contributed by atoms with van der Waals surface area (Å²) in [6, 6.07) is 9.93. The molecule has 1 aliphatic heterocycles. The van der Waals surface area contributed by atoms with Crippen molar-refractivity contribution in [3.8, 4) is 11.1 Å². The summed E-state index contributed by atoms with van der Waals surface area (Å²) in [6.07, 6.45) is 2.11. The maximum absolute atomic E-state index is 14.4. The first kappa shape index (κ1) is 26.0. The van der Waals surface area contributed by atoms with E-state index in [-0.39, 0.29) is 36.7 Å². The fourth-order valence-electron chi connectivity index (χ4n) is 4.63. The summed E-state index contributed by atoms with van der Waals surface area (Å²) >= 11 is 8.51. The number of rotatable bonds is 7. The molecule has 0 aliphatic carbocycles. The fraction of sp³-hybridized carbons (Fsp3) is 0.269. The maximum atomic E-state index is 14.4. The molecule has 3 aromatic heterocycles. The highest BCUT2D eigenvalue weighted by Gasteiger charge is 2.39. The molecule has 194 valence electrons. The third kappa shape index (κ3) is 5.32. The summed E-state index contributed by atoms with van der Waals surface area (Å²) in [4.78, 5) is 40.6. The number of alkyl halides is 1. The van der Waals surface area contributed by atoms with E-state index in [9.17, 15) is 14.0 Å². The number of likely N-dealkylation sites (tertiary alicyclic amines) is 1. The van der Waals surface area contributed by atoms with Crippen molar-refractivity contribution in [3.05, 3.63) is 70.6 Å². The normalized spacial score (nSPS) is 17.2. The van der Waals surface area contributed by atoms with E-state index < -0.39 is 18.1 Å². The Balaban J connectivity index is 1.41. The van der Waals surface area contributed by atoms with Crippen molar-refractivity contribution < 1.29 is 14.0 Å². The van der Waals surface area contributed by atoms with Crippen molar-refractivity contribution in [2.45, 2.75) is 38.5 Å². The van der Waals surface area contributed by atoms with Gasteiger partial charge in [-0.3, -0.25) is 14.3 Å². The molecule has 0 unspecified atom stereocenters. The third-order valence-corrected chi connectivity index (χ3v) is 7.09. The molecule has 0 radical (unpaired) electrons. The van der Waals surface area contributed by atoms with Crippen LogP contribution in [0.25, 0.3) is 22.0 Å². The van der Waals surface area contributed by atoms with E-state index in [2.05, 4.69) is 36.0 Å². The molecular formula is C26H23BrFN7O2S. The molecule has 0 saturated carbocycles. The number of ketones is 1. The smallest absolute Gasteiger partial charge is 0.245 e. The standard InChI is InChI=1S/C26H23BrFN7O2S/c1-14-30-10-16(11-31-14)15-5-6-20-19(7-15)25(26(29)38)33-35(20)13-24(37)34-12-17(28)8-21(34)22(36)9-18-3-2-4-23(27)32-18/h2-7,10-11,17,21H,8-9,12-13H2,1H3,(H2,29,38)/t17-,21+/m1/s1. The second-order valence-electron chi connectivity index (χ2n) is 9.11. The van der Waals surface area contributed by atoms with Crippen LogP contribution in [0.3, 0.4) is 0 Å². The fourth-order valence-corrected chi connectivity index (χ4v) is 5.16. The zero-order valence-corrected chi connectivity index (χ0v) is 22.7. The molecule has 2 N–H and O–H groups in total. The van der Waals surface area contributed by atoms with E-state index in [1.54, 1.807) is 37.5 Å². The van der Waals surface area contributed by atoms with Gasteiger partial charge in [0.25, 0.3) is 0 Å². The lowest BCUT2D eigenvalue weighted by Crippen LogP contribution is -2.43. The van der Waals surface area contributed by atoms with Crippen LogP contribution in [0.2, 0.25) is 0 Å². The van der Waals surface area contributed by atoms with Crippen LogP contribution >= 0.6 is 28.1 Å². The molecule has 1 fully saturated rings. The minimum Gasteiger partial charge on any atom is -0.388 e. The van der Waals surface area contributed by atoms with E-state index >= 15 is 0 Å². The van der Waals surface area contributed by atoms with E-state index in [0.717, 1.165) is 11.1 Å². The molecule has 12 heteroatoms. The van der Waals surface area contributed by atoms with E-state index in [1.807, 2.05) is 18.2 Å². The number of fused-ring (bicyclic) bond motifs is 1. The highest BCUT2D eigenvalue weighted by molar-refractivity contribution is 9.10. The largest absolute Gasteiger partial charge is 0.388 e. The first-order valence-electron chi connectivity index (χ1n) is 11.9. The lowest BCUT2D eigenvalue weighted by Gasteiger charge is -2.23. The van der Waals surface area contributed by atoms with Gasteiger partial charge in [0.15, 0.2) is 5.78 Å². The average molecular weight is 596 g/mol. The predicted molar refractivity (Wildman–Crippen MR) is 147 cm³/mol. The minimum atomic E-state index is -1.29. The van der Waals surface area contributed by atoms with Crippen LogP contribution in [0.15, 0.2) is 53.4 Å². The molecule has 5 rings (SSSR count). The van der Waals surface area contributed by atoms with Gasteiger partial charge in [0.05, 0.1) is 24.5 Å². The number of aromatic nitrogens is 5. The summed E-state index contributed by atoms with van der Waals surface area (Å²) in [5, 5.41) is 5.16. The molecule has 2 atom stereocenters. The second-order valence-corrected chi connectivity index (χ2v) is 10.4. The summed E-state index contributed by atoms with van der Waals surface area (Å²) in [6.45, 7) is 1.46. The number of carbonyl (C=O) groups is 2. The first-order valence-corrected chi connectivity index (χ1v) is 13.1. The molecule has 1 saturated heterocycles. The number of nitrogens with two attached hydrogens (primary N) is 1. The van der Waals surface area contributed by atoms with E-state index in [1.165, 1.54) is 9.58 Å². The highest BCUT2D eigenvalue weighted by atomic mass is 79.9. The number of halogens is 2. The van der Waals surface area contributed by atoms with Gasteiger partial charge in [0.1, 0.15) is 33.8 Å². The Morgan fingerprint density at radius 3 is 2.66 bits per heavy atom. The number of aryl methyl sites for hydroxylation is 1. The lowest BCUT2D eigenvalue weighted by atomic mass is 10.0. The Morgan fingerprint density at radius 1 is 1.18 bits per heavy atom. The highest BCUT2D eigenvalue weighted by Crippen LogP contribution is 2.28. The number of Topliss-reactive ketones (excluding diaryl/α,β-unsaturated/α-hetero) is 1. The Kier molecular flexibility index (Phi) is 7.26. The molecule has 0 spiro atoms. The number of hydrogen-bond donors (Lipinski definition) is 1. The predicted octanol–water partition coefficient (Wildman–Crippen LogP) is 3.34. The van der Waals surface area contributed by atoms with Crippen LogP contribution in [0, 0.1) is 6.92 Å². The van der Waals surface area contributed by atoms with Gasteiger partial charge < -0.3 is 10.6 Å². The lowest BCUT2D eigenvalue weighted by molar-refractivity contribution is -0.138. The van der Waals surface area contributed by atoms with Gasteiger partial charge in [-0.1, -0.05) is 24.4 Å².